The molecule has 0 aliphatic heterocycles. The third kappa shape index (κ3) is 1.94. The van der Waals surface area contributed by atoms with Gasteiger partial charge in [0.1, 0.15) is 0 Å². The molecular weight excluding hydrogens is 238 g/mol. The fourth-order valence-corrected chi connectivity index (χ4v) is 2.80. The maximum Gasteiger partial charge on any atom is 0.163 e. The molecule has 0 amide bonds. The molecule has 0 spiro atoms. The predicted octanol–water partition coefficient (Wildman–Crippen LogP) is 1.83. The summed E-state index contributed by atoms with van der Waals surface area (Å²) in [5.74, 6) is 0.774. The topological polar surface area (TPSA) is 69.6 Å². The molecular formula is C14H19N5. The zero-order valence-corrected chi connectivity index (χ0v) is 11.6. The highest BCUT2D eigenvalue weighted by molar-refractivity contribution is 5.61. The maximum atomic E-state index is 6.10. The van der Waals surface area contributed by atoms with Crippen molar-refractivity contribution in [1.82, 2.24) is 19.7 Å². The molecule has 5 nitrogen and oxygen atoms in total. The van der Waals surface area contributed by atoms with E-state index in [-0.39, 0.29) is 6.04 Å². The SMILES string of the molecule is Cc1nn(C)c(C)c1-c1ncc2c(n1)CCCC2N. The molecule has 1 atom stereocenters. The fourth-order valence-electron chi connectivity index (χ4n) is 2.80. The molecule has 0 radical (unpaired) electrons. The zero-order valence-electron chi connectivity index (χ0n) is 11.6. The van der Waals surface area contributed by atoms with Gasteiger partial charge in [-0.3, -0.25) is 4.68 Å². The number of nitrogens with zero attached hydrogens (tertiary/aromatic N) is 4. The van der Waals surface area contributed by atoms with Crippen LogP contribution >= 0.6 is 0 Å². The van der Waals surface area contributed by atoms with E-state index in [4.69, 9.17) is 10.7 Å². The largest absolute Gasteiger partial charge is 0.324 e. The van der Waals surface area contributed by atoms with Crippen molar-refractivity contribution >= 4 is 0 Å². The Morgan fingerprint density at radius 3 is 2.84 bits per heavy atom. The van der Waals surface area contributed by atoms with Crippen LogP contribution < -0.4 is 5.73 Å². The molecule has 2 N–H and O–H groups in total. The molecule has 1 aliphatic carbocycles. The summed E-state index contributed by atoms with van der Waals surface area (Å²) in [5, 5.41) is 4.43. The van der Waals surface area contributed by atoms with Crippen molar-refractivity contribution in [2.24, 2.45) is 12.8 Å². The van der Waals surface area contributed by atoms with Crippen LogP contribution in [0.2, 0.25) is 0 Å². The molecule has 0 fully saturated rings. The van der Waals surface area contributed by atoms with E-state index >= 15 is 0 Å². The quantitative estimate of drug-likeness (QED) is 0.846. The number of aromatic nitrogens is 4. The van der Waals surface area contributed by atoms with Gasteiger partial charge < -0.3 is 5.73 Å². The zero-order chi connectivity index (χ0) is 13.6. The summed E-state index contributed by atoms with van der Waals surface area (Å²) >= 11 is 0. The number of fused-ring (bicyclic) bond motifs is 1. The van der Waals surface area contributed by atoms with Crippen molar-refractivity contribution in [3.05, 3.63) is 28.8 Å². The first-order valence-corrected chi connectivity index (χ1v) is 6.70. The molecule has 19 heavy (non-hydrogen) atoms. The van der Waals surface area contributed by atoms with E-state index in [0.29, 0.717) is 0 Å². The summed E-state index contributed by atoms with van der Waals surface area (Å²) in [6.07, 6.45) is 5.03. The molecule has 2 aromatic heterocycles. The first kappa shape index (κ1) is 12.3. The first-order chi connectivity index (χ1) is 9.08. The second-order valence-corrected chi connectivity index (χ2v) is 5.26. The van der Waals surface area contributed by atoms with Gasteiger partial charge in [-0.1, -0.05) is 0 Å². The molecule has 1 aliphatic rings. The van der Waals surface area contributed by atoms with Gasteiger partial charge in [-0.2, -0.15) is 5.10 Å². The van der Waals surface area contributed by atoms with Crippen LogP contribution in [0.15, 0.2) is 6.20 Å². The Hall–Kier alpha value is -1.75. The molecule has 3 rings (SSSR count). The lowest BCUT2D eigenvalue weighted by Gasteiger charge is -2.21. The Labute approximate surface area is 112 Å². The Morgan fingerprint density at radius 1 is 1.37 bits per heavy atom. The van der Waals surface area contributed by atoms with Gasteiger partial charge >= 0.3 is 0 Å². The van der Waals surface area contributed by atoms with Gasteiger partial charge in [0, 0.05) is 36.2 Å². The molecule has 1 unspecified atom stereocenters. The average Bonchev–Trinajstić information content (AvgIpc) is 2.63. The summed E-state index contributed by atoms with van der Waals surface area (Å²) in [4.78, 5) is 9.23. The van der Waals surface area contributed by atoms with E-state index < -0.39 is 0 Å². The lowest BCUT2D eigenvalue weighted by Crippen LogP contribution is -2.19. The lowest BCUT2D eigenvalue weighted by molar-refractivity contribution is 0.557. The van der Waals surface area contributed by atoms with E-state index in [2.05, 4.69) is 10.1 Å². The second-order valence-electron chi connectivity index (χ2n) is 5.26. The molecule has 2 aromatic rings. The average molecular weight is 257 g/mol. The van der Waals surface area contributed by atoms with Crippen LogP contribution in [0.3, 0.4) is 0 Å². The van der Waals surface area contributed by atoms with Crippen LogP contribution in [0.5, 0.6) is 0 Å². The molecule has 0 bridgehead atoms. The van der Waals surface area contributed by atoms with Gasteiger partial charge in [-0.05, 0) is 33.1 Å². The second kappa shape index (κ2) is 4.42. The smallest absolute Gasteiger partial charge is 0.163 e. The van der Waals surface area contributed by atoms with E-state index in [1.807, 2.05) is 31.8 Å². The highest BCUT2D eigenvalue weighted by Gasteiger charge is 2.21. The number of rotatable bonds is 1. The molecule has 5 heteroatoms. The van der Waals surface area contributed by atoms with Crippen molar-refractivity contribution in [1.29, 1.82) is 0 Å². The first-order valence-electron chi connectivity index (χ1n) is 6.70. The van der Waals surface area contributed by atoms with Gasteiger partial charge in [-0.25, -0.2) is 9.97 Å². The van der Waals surface area contributed by atoms with Gasteiger partial charge in [0.15, 0.2) is 5.82 Å². The molecule has 0 saturated heterocycles. The highest BCUT2D eigenvalue weighted by Crippen LogP contribution is 2.29. The minimum Gasteiger partial charge on any atom is -0.324 e. The Balaban J connectivity index is 2.12. The Kier molecular flexibility index (Phi) is 2.86. The minimum absolute atomic E-state index is 0.0916. The standard InChI is InChI=1S/C14H19N5/c1-8-13(9(2)19(3)18-8)14-16-7-10-11(15)5-4-6-12(10)17-14/h7,11H,4-6,15H2,1-3H3. The number of aryl methyl sites for hydroxylation is 3. The Morgan fingerprint density at radius 2 is 2.16 bits per heavy atom. The molecule has 100 valence electrons. The summed E-state index contributed by atoms with van der Waals surface area (Å²) in [5.41, 5.74) is 11.4. The normalized spacial score (nSPS) is 18.4. The van der Waals surface area contributed by atoms with Crippen molar-refractivity contribution in [2.75, 3.05) is 0 Å². The number of hydrogen-bond acceptors (Lipinski definition) is 4. The van der Waals surface area contributed by atoms with Gasteiger partial charge in [0.05, 0.1) is 11.3 Å². The minimum atomic E-state index is 0.0916. The number of hydrogen-bond donors (Lipinski definition) is 1. The van der Waals surface area contributed by atoms with E-state index in [1.165, 1.54) is 0 Å². The van der Waals surface area contributed by atoms with Crippen LogP contribution in [0, 0.1) is 13.8 Å². The summed E-state index contributed by atoms with van der Waals surface area (Å²) in [7, 11) is 1.94. The van der Waals surface area contributed by atoms with Crippen LogP contribution in [-0.2, 0) is 13.5 Å². The van der Waals surface area contributed by atoms with Crippen molar-refractivity contribution in [3.63, 3.8) is 0 Å². The molecule has 2 heterocycles. The summed E-state index contributed by atoms with van der Waals surface area (Å²) < 4.78 is 1.87. The third-order valence-electron chi connectivity index (χ3n) is 3.96. The maximum absolute atomic E-state index is 6.10. The van der Waals surface area contributed by atoms with Crippen molar-refractivity contribution in [3.8, 4) is 11.4 Å². The van der Waals surface area contributed by atoms with Crippen LogP contribution in [0.25, 0.3) is 11.4 Å². The monoisotopic (exact) mass is 257 g/mol. The van der Waals surface area contributed by atoms with E-state index in [0.717, 1.165) is 53.3 Å². The summed E-state index contributed by atoms with van der Waals surface area (Å²) in [6.45, 7) is 4.04. The summed E-state index contributed by atoms with van der Waals surface area (Å²) in [6, 6.07) is 0.0916. The number of nitrogens with two attached hydrogens (primary N) is 1. The highest BCUT2D eigenvalue weighted by atomic mass is 15.3. The Bertz CT molecular complexity index is 629. The third-order valence-corrected chi connectivity index (χ3v) is 3.96. The fraction of sp³-hybridized carbons (Fsp3) is 0.500. The van der Waals surface area contributed by atoms with Gasteiger partial charge in [0.25, 0.3) is 0 Å². The van der Waals surface area contributed by atoms with Gasteiger partial charge in [0.2, 0.25) is 0 Å². The predicted molar refractivity (Wildman–Crippen MR) is 73.6 cm³/mol. The van der Waals surface area contributed by atoms with Crippen molar-refractivity contribution in [2.45, 2.75) is 39.2 Å². The molecule has 0 saturated carbocycles. The van der Waals surface area contributed by atoms with Crippen LogP contribution in [0.1, 0.15) is 41.5 Å². The molecule has 0 aromatic carbocycles. The van der Waals surface area contributed by atoms with Crippen LogP contribution in [-0.4, -0.2) is 19.7 Å². The van der Waals surface area contributed by atoms with E-state index in [9.17, 15) is 0 Å². The van der Waals surface area contributed by atoms with Crippen molar-refractivity contribution < 1.29 is 0 Å². The van der Waals surface area contributed by atoms with E-state index in [1.54, 1.807) is 0 Å². The van der Waals surface area contributed by atoms with Gasteiger partial charge in [-0.15, -0.1) is 0 Å². The lowest BCUT2D eigenvalue weighted by atomic mass is 9.93. The van der Waals surface area contributed by atoms with Crippen LogP contribution in [0.4, 0.5) is 0 Å².